The van der Waals surface area contributed by atoms with Gasteiger partial charge >= 0.3 is 5.97 Å². The van der Waals surface area contributed by atoms with Gasteiger partial charge < -0.3 is 15.0 Å². The van der Waals surface area contributed by atoms with Gasteiger partial charge in [0.15, 0.2) is 0 Å². The van der Waals surface area contributed by atoms with Crippen molar-refractivity contribution in [3.63, 3.8) is 0 Å². The van der Waals surface area contributed by atoms with Gasteiger partial charge in [0.1, 0.15) is 6.04 Å². The highest BCUT2D eigenvalue weighted by Gasteiger charge is 2.39. The average Bonchev–Trinajstić information content (AvgIpc) is 2.73. The van der Waals surface area contributed by atoms with E-state index in [2.05, 4.69) is 24.1 Å². The van der Waals surface area contributed by atoms with Crippen LogP contribution in [0.4, 0.5) is 0 Å². The fraction of sp³-hybridized carbons (Fsp3) is 0.800. The Morgan fingerprint density at radius 1 is 1.19 bits per heavy atom. The quantitative estimate of drug-likeness (QED) is 0.429. The number of carbonyl (C=O) groups excluding carboxylic acids is 3. The number of hydrogen-bond donors (Lipinski definition) is 1. The molecule has 1 saturated heterocycles. The molecule has 0 saturated carbocycles. The van der Waals surface area contributed by atoms with E-state index in [1.54, 1.807) is 31.9 Å². The van der Waals surface area contributed by atoms with Crippen LogP contribution < -0.4 is 5.32 Å². The Hall–Kier alpha value is -1.89. The van der Waals surface area contributed by atoms with Crippen molar-refractivity contribution in [1.82, 2.24) is 15.1 Å². The number of ether oxygens (including phenoxy) is 1. The molecule has 0 aromatic rings. The summed E-state index contributed by atoms with van der Waals surface area (Å²) in [6, 6.07) is -0.866. The van der Waals surface area contributed by atoms with E-state index in [-0.39, 0.29) is 35.9 Å². The number of piperidine rings is 1. The summed E-state index contributed by atoms with van der Waals surface area (Å²) in [5, 5.41) is 3.08. The molecule has 1 aliphatic heterocycles. The summed E-state index contributed by atoms with van der Waals surface area (Å²) in [5.41, 5.74) is 0.0146. The summed E-state index contributed by atoms with van der Waals surface area (Å²) < 4.78 is 5.07. The number of likely N-dealkylation sites (N-methyl/N-ethyl adjacent to an activating group) is 1. The number of amides is 2. The maximum Gasteiger partial charge on any atom is 0.333 e. The van der Waals surface area contributed by atoms with Crippen LogP contribution >= 0.6 is 0 Å². The Labute approximate surface area is 194 Å². The molecule has 1 rings (SSSR count). The number of rotatable bonds is 9. The zero-order chi connectivity index (χ0) is 24.6. The third kappa shape index (κ3) is 7.61. The molecule has 1 aliphatic rings. The molecule has 7 heteroatoms. The summed E-state index contributed by atoms with van der Waals surface area (Å²) in [4.78, 5) is 42.7. The normalized spacial score (nSPS) is 19.9. The first-order valence-corrected chi connectivity index (χ1v) is 12.0. The number of esters is 1. The van der Waals surface area contributed by atoms with Gasteiger partial charge in [-0.2, -0.15) is 0 Å². The Morgan fingerprint density at radius 3 is 2.31 bits per heavy atom. The van der Waals surface area contributed by atoms with Crippen LogP contribution in [0.2, 0.25) is 0 Å². The van der Waals surface area contributed by atoms with Crippen LogP contribution in [-0.4, -0.2) is 72.0 Å². The summed E-state index contributed by atoms with van der Waals surface area (Å²) in [6.07, 6.45) is 5.35. The predicted octanol–water partition coefficient (Wildman–Crippen LogP) is 3.53. The highest BCUT2D eigenvalue weighted by atomic mass is 16.5. The number of nitrogens with zero attached hydrogens (tertiary/aromatic N) is 2. The van der Waals surface area contributed by atoms with Gasteiger partial charge in [0.05, 0.1) is 18.7 Å². The van der Waals surface area contributed by atoms with E-state index < -0.39 is 11.5 Å². The van der Waals surface area contributed by atoms with Gasteiger partial charge in [-0.1, -0.05) is 40.2 Å². The molecular formula is C25H45N3O4. The van der Waals surface area contributed by atoms with Crippen LogP contribution in [0.15, 0.2) is 11.6 Å². The fourth-order valence-corrected chi connectivity index (χ4v) is 4.21. The first-order chi connectivity index (χ1) is 14.8. The van der Waals surface area contributed by atoms with E-state index in [9.17, 15) is 14.4 Å². The van der Waals surface area contributed by atoms with Gasteiger partial charge in [-0.3, -0.25) is 14.5 Å². The number of nitrogens with one attached hydrogen (secondary N) is 1. The maximum absolute atomic E-state index is 13.6. The summed E-state index contributed by atoms with van der Waals surface area (Å²) in [6.45, 7) is 16.7. The third-order valence-corrected chi connectivity index (χ3v) is 6.21. The van der Waals surface area contributed by atoms with Crippen molar-refractivity contribution in [3.8, 4) is 0 Å². The van der Waals surface area contributed by atoms with Gasteiger partial charge in [0, 0.05) is 18.7 Å². The van der Waals surface area contributed by atoms with Gasteiger partial charge in [-0.25, -0.2) is 4.79 Å². The van der Waals surface area contributed by atoms with E-state index in [0.717, 1.165) is 25.8 Å². The van der Waals surface area contributed by atoms with Gasteiger partial charge in [-0.05, 0) is 58.9 Å². The molecule has 184 valence electrons. The van der Waals surface area contributed by atoms with E-state index in [0.29, 0.717) is 18.6 Å². The van der Waals surface area contributed by atoms with Crippen molar-refractivity contribution in [2.24, 2.45) is 5.41 Å². The molecule has 0 aromatic carbocycles. The molecule has 0 spiro atoms. The van der Waals surface area contributed by atoms with Crippen LogP contribution in [0, 0.1) is 5.41 Å². The number of likely N-dealkylation sites (tertiary alicyclic amines) is 1. The van der Waals surface area contributed by atoms with Crippen LogP contribution in [0.25, 0.3) is 0 Å². The topological polar surface area (TPSA) is 79.0 Å². The van der Waals surface area contributed by atoms with Crippen molar-refractivity contribution >= 4 is 17.8 Å². The van der Waals surface area contributed by atoms with Crippen molar-refractivity contribution < 1.29 is 19.1 Å². The highest BCUT2D eigenvalue weighted by Crippen LogP contribution is 2.25. The molecule has 1 fully saturated rings. The molecule has 0 aliphatic carbocycles. The standard InChI is InChI=1S/C25H45N3O4/c1-10-19(16-18(5)24(31)32-11-2)27(9)23(30)21(25(6,7)8)26-22(29)20-14-12-13-15-28(20)17(3)4/h16-17,19-21H,10-15H2,1-9H3,(H,26,29)/b18-16+/t19-,20+,21?/m0/s1. The van der Waals surface area contributed by atoms with Crippen LogP contribution in [0.5, 0.6) is 0 Å². The average molecular weight is 452 g/mol. The molecule has 2 amide bonds. The highest BCUT2D eigenvalue weighted by molar-refractivity contribution is 5.91. The minimum absolute atomic E-state index is 0.0774. The molecule has 1 N–H and O–H groups in total. The van der Waals surface area contributed by atoms with Crippen molar-refractivity contribution in [2.75, 3.05) is 20.2 Å². The molecule has 32 heavy (non-hydrogen) atoms. The number of hydrogen-bond acceptors (Lipinski definition) is 5. The smallest absolute Gasteiger partial charge is 0.333 e. The second-order valence-corrected chi connectivity index (χ2v) is 10.1. The summed E-state index contributed by atoms with van der Waals surface area (Å²) in [7, 11) is 1.73. The second-order valence-electron chi connectivity index (χ2n) is 10.1. The van der Waals surface area contributed by atoms with Crippen molar-refractivity contribution in [2.45, 2.75) is 105 Å². The SMILES string of the molecule is CCOC(=O)/C(C)=C/[C@H](CC)N(C)C(=O)C(NC(=O)[C@H]1CCCCN1C(C)C)C(C)(C)C. The maximum atomic E-state index is 13.6. The monoisotopic (exact) mass is 451 g/mol. The van der Waals surface area contributed by atoms with E-state index in [1.165, 1.54) is 0 Å². The largest absolute Gasteiger partial charge is 0.463 e. The molecule has 1 heterocycles. The molecule has 7 nitrogen and oxygen atoms in total. The van der Waals surface area contributed by atoms with Crippen LogP contribution in [-0.2, 0) is 19.1 Å². The second kappa shape index (κ2) is 12.4. The van der Waals surface area contributed by atoms with Gasteiger partial charge in [0.2, 0.25) is 11.8 Å². The third-order valence-electron chi connectivity index (χ3n) is 6.21. The predicted molar refractivity (Wildman–Crippen MR) is 128 cm³/mol. The molecule has 1 unspecified atom stereocenters. The Morgan fingerprint density at radius 2 is 1.81 bits per heavy atom. The number of carbonyl (C=O) groups is 3. The Kier molecular flexibility index (Phi) is 10.9. The van der Waals surface area contributed by atoms with Crippen molar-refractivity contribution in [1.29, 1.82) is 0 Å². The molecule has 0 radical (unpaired) electrons. The van der Waals surface area contributed by atoms with Gasteiger partial charge in [-0.15, -0.1) is 0 Å². The molecule has 0 bridgehead atoms. The zero-order valence-electron chi connectivity index (χ0n) is 21.7. The van der Waals surface area contributed by atoms with E-state index in [4.69, 9.17) is 4.74 Å². The lowest BCUT2D eigenvalue weighted by Gasteiger charge is -2.40. The van der Waals surface area contributed by atoms with Crippen LogP contribution in [0.1, 0.15) is 81.1 Å². The molecular weight excluding hydrogens is 406 g/mol. The Balaban J connectivity index is 3.07. The van der Waals surface area contributed by atoms with Gasteiger partial charge in [0.25, 0.3) is 0 Å². The lowest BCUT2D eigenvalue weighted by atomic mass is 9.85. The molecule has 3 atom stereocenters. The molecule has 0 aromatic heterocycles. The first kappa shape index (κ1) is 28.1. The summed E-state index contributed by atoms with van der Waals surface area (Å²) in [5.74, 6) is -0.609. The zero-order valence-corrected chi connectivity index (χ0v) is 21.7. The summed E-state index contributed by atoms with van der Waals surface area (Å²) >= 11 is 0. The van der Waals surface area contributed by atoms with E-state index in [1.807, 2.05) is 27.7 Å². The lowest BCUT2D eigenvalue weighted by molar-refractivity contribution is -0.141. The van der Waals surface area contributed by atoms with Crippen molar-refractivity contribution in [3.05, 3.63) is 11.6 Å². The Bertz CT molecular complexity index is 681. The minimum atomic E-state index is -0.665. The van der Waals surface area contributed by atoms with E-state index >= 15 is 0 Å². The lowest BCUT2D eigenvalue weighted by Crippen LogP contribution is -2.60. The van der Waals surface area contributed by atoms with Crippen LogP contribution in [0.3, 0.4) is 0 Å². The minimum Gasteiger partial charge on any atom is -0.463 e. The first-order valence-electron chi connectivity index (χ1n) is 12.0. The fourth-order valence-electron chi connectivity index (χ4n) is 4.21.